The Kier molecular flexibility index (Phi) is 49.2. The van der Waals surface area contributed by atoms with Gasteiger partial charge in [-0.2, -0.15) is 0 Å². The first-order valence-corrected chi connectivity index (χ1v) is 27.0. The van der Waals surface area contributed by atoms with Crippen LogP contribution in [0.3, 0.4) is 0 Å². The summed E-state index contributed by atoms with van der Waals surface area (Å²) in [5, 5.41) is 23.8. The Hall–Kier alpha value is -3.22. The van der Waals surface area contributed by atoms with Gasteiger partial charge in [-0.15, -0.1) is 0 Å². The van der Waals surface area contributed by atoms with E-state index in [0.717, 1.165) is 109 Å². The van der Waals surface area contributed by atoms with Crippen molar-refractivity contribution < 1.29 is 24.5 Å². The van der Waals surface area contributed by atoms with Crippen molar-refractivity contribution in [3.8, 4) is 0 Å². The predicted molar refractivity (Wildman–Crippen MR) is 282 cm³/mol. The standard InChI is InChI=1S/C59H101NO5/c1-4-7-10-13-16-19-22-25-28-30-33-36-39-42-45-48-51-57(62)56(54-61)60-58(63)53-55(50-47-44-41-38-35-32-27-24-21-18-15-12-9-6-3)65-59(64)52-49-46-43-40-37-34-31-29-26-23-20-17-14-11-8-5-2/h8-9,11-12,17-18,20-21,26-27,29,32,34,37-38,41,55-57,61-62H,4-7,10,13-16,19,22-25,28,30-31,33,35-36,39-40,42-54H2,1-3H3,(H,60,63)/b11-8+,12-9+,20-17+,21-18+,29-26+,32-27+,37-34+,41-38+. The van der Waals surface area contributed by atoms with Crippen molar-refractivity contribution >= 4 is 11.9 Å². The van der Waals surface area contributed by atoms with Crippen LogP contribution in [0.1, 0.15) is 239 Å². The molecular weight excluding hydrogens is 803 g/mol. The van der Waals surface area contributed by atoms with Gasteiger partial charge in [-0.25, -0.2) is 0 Å². The van der Waals surface area contributed by atoms with Gasteiger partial charge in [0.2, 0.25) is 5.91 Å². The molecule has 0 aliphatic carbocycles. The first kappa shape index (κ1) is 61.8. The molecule has 3 unspecified atom stereocenters. The quantitative estimate of drug-likeness (QED) is 0.0321. The summed E-state index contributed by atoms with van der Waals surface area (Å²) >= 11 is 0. The topological polar surface area (TPSA) is 95.9 Å². The van der Waals surface area contributed by atoms with Crippen molar-refractivity contribution in [1.29, 1.82) is 0 Å². The number of carbonyl (C=O) groups is 2. The van der Waals surface area contributed by atoms with Crippen molar-refractivity contribution in [3.63, 3.8) is 0 Å². The maximum atomic E-state index is 13.2. The van der Waals surface area contributed by atoms with E-state index >= 15 is 0 Å². The second-order valence-electron chi connectivity index (χ2n) is 17.9. The van der Waals surface area contributed by atoms with Crippen LogP contribution < -0.4 is 5.32 Å². The number of carbonyl (C=O) groups excluding carboxylic acids is 2. The lowest BCUT2D eigenvalue weighted by Gasteiger charge is -2.24. The van der Waals surface area contributed by atoms with Gasteiger partial charge in [-0.1, -0.05) is 227 Å². The molecule has 0 aliphatic rings. The lowest BCUT2D eigenvalue weighted by Crippen LogP contribution is -2.46. The van der Waals surface area contributed by atoms with Gasteiger partial charge in [0.15, 0.2) is 0 Å². The number of amides is 1. The largest absolute Gasteiger partial charge is 0.462 e. The summed E-state index contributed by atoms with van der Waals surface area (Å²) in [7, 11) is 0. The molecule has 0 spiro atoms. The summed E-state index contributed by atoms with van der Waals surface area (Å²) in [5.74, 6) is -0.570. The molecule has 0 bridgehead atoms. The highest BCUT2D eigenvalue weighted by atomic mass is 16.5. The number of nitrogens with one attached hydrogen (secondary N) is 1. The van der Waals surface area contributed by atoms with E-state index < -0.39 is 18.2 Å². The van der Waals surface area contributed by atoms with E-state index in [2.05, 4.69) is 123 Å². The number of hydrogen-bond acceptors (Lipinski definition) is 5. The minimum Gasteiger partial charge on any atom is -0.462 e. The predicted octanol–water partition coefficient (Wildman–Crippen LogP) is 16.5. The molecule has 65 heavy (non-hydrogen) atoms. The Morgan fingerprint density at radius 2 is 0.846 bits per heavy atom. The zero-order valence-corrected chi connectivity index (χ0v) is 42.3. The molecule has 0 saturated carbocycles. The maximum absolute atomic E-state index is 13.2. The van der Waals surface area contributed by atoms with Gasteiger partial charge in [0.05, 0.1) is 25.2 Å². The average Bonchev–Trinajstić information content (AvgIpc) is 3.30. The molecule has 6 heteroatoms. The minimum atomic E-state index is -0.813. The molecule has 0 fully saturated rings. The molecule has 0 saturated heterocycles. The number of rotatable bonds is 47. The summed E-state index contributed by atoms with van der Waals surface area (Å²) in [6.45, 7) is 6.24. The average molecular weight is 904 g/mol. The van der Waals surface area contributed by atoms with Crippen molar-refractivity contribution in [1.82, 2.24) is 5.32 Å². The molecule has 0 aliphatic heterocycles. The van der Waals surface area contributed by atoms with Crippen LogP contribution in [0.4, 0.5) is 0 Å². The first-order chi connectivity index (χ1) is 32.0. The smallest absolute Gasteiger partial charge is 0.306 e. The van der Waals surface area contributed by atoms with Gasteiger partial charge in [-0.05, 0) is 96.3 Å². The number of aliphatic hydroxyl groups excluding tert-OH is 2. The number of hydrogen-bond donors (Lipinski definition) is 3. The molecule has 0 aromatic rings. The Labute approximate surface area is 401 Å². The van der Waals surface area contributed by atoms with Crippen LogP contribution in [0.5, 0.6) is 0 Å². The summed E-state index contributed by atoms with van der Waals surface area (Å²) in [6.07, 6.45) is 69.0. The van der Waals surface area contributed by atoms with Gasteiger partial charge in [0, 0.05) is 6.42 Å². The molecule has 0 heterocycles. The molecule has 0 aromatic heterocycles. The third-order valence-corrected chi connectivity index (χ3v) is 11.7. The Morgan fingerprint density at radius 1 is 0.462 bits per heavy atom. The van der Waals surface area contributed by atoms with Crippen molar-refractivity contribution in [3.05, 3.63) is 97.2 Å². The number of aliphatic hydroxyl groups is 2. The van der Waals surface area contributed by atoms with E-state index in [0.29, 0.717) is 19.3 Å². The van der Waals surface area contributed by atoms with E-state index in [1.807, 2.05) is 0 Å². The van der Waals surface area contributed by atoms with E-state index in [4.69, 9.17) is 4.74 Å². The van der Waals surface area contributed by atoms with E-state index in [1.54, 1.807) is 0 Å². The Bertz CT molecular complexity index is 1290. The Balaban J connectivity index is 4.68. The molecule has 3 atom stereocenters. The van der Waals surface area contributed by atoms with Crippen LogP contribution in [0.25, 0.3) is 0 Å². The molecule has 0 rings (SSSR count). The van der Waals surface area contributed by atoms with Crippen molar-refractivity contribution in [2.75, 3.05) is 6.61 Å². The fourth-order valence-electron chi connectivity index (χ4n) is 7.65. The maximum Gasteiger partial charge on any atom is 0.306 e. The van der Waals surface area contributed by atoms with Crippen molar-refractivity contribution in [2.45, 2.75) is 257 Å². The second-order valence-corrected chi connectivity index (χ2v) is 17.9. The van der Waals surface area contributed by atoms with Crippen LogP contribution in [-0.4, -0.2) is 46.9 Å². The highest BCUT2D eigenvalue weighted by Gasteiger charge is 2.24. The zero-order valence-electron chi connectivity index (χ0n) is 42.3. The highest BCUT2D eigenvalue weighted by Crippen LogP contribution is 2.17. The van der Waals surface area contributed by atoms with Gasteiger partial charge in [0.25, 0.3) is 0 Å². The lowest BCUT2D eigenvalue weighted by molar-refractivity contribution is -0.151. The van der Waals surface area contributed by atoms with E-state index in [9.17, 15) is 19.8 Å². The number of ether oxygens (including phenoxy) is 1. The van der Waals surface area contributed by atoms with Gasteiger partial charge < -0.3 is 20.3 Å². The molecule has 0 radical (unpaired) electrons. The number of unbranched alkanes of at least 4 members (excludes halogenated alkanes) is 19. The first-order valence-electron chi connectivity index (χ1n) is 27.0. The van der Waals surface area contributed by atoms with Gasteiger partial charge in [-0.3, -0.25) is 9.59 Å². The summed E-state index contributed by atoms with van der Waals surface area (Å²) in [6, 6.07) is -0.732. The molecule has 6 nitrogen and oxygen atoms in total. The minimum absolute atomic E-state index is 0.0219. The van der Waals surface area contributed by atoms with E-state index in [-0.39, 0.29) is 24.9 Å². The molecular formula is C59H101NO5. The molecule has 1 amide bonds. The summed E-state index contributed by atoms with van der Waals surface area (Å²) in [4.78, 5) is 26.2. The fraction of sp³-hybridized carbons (Fsp3) is 0.695. The zero-order chi connectivity index (χ0) is 47.4. The van der Waals surface area contributed by atoms with Crippen molar-refractivity contribution in [2.24, 2.45) is 0 Å². The van der Waals surface area contributed by atoms with E-state index in [1.165, 1.54) is 83.5 Å². The van der Waals surface area contributed by atoms with Crippen LogP contribution in [0.2, 0.25) is 0 Å². The number of esters is 1. The number of allylic oxidation sites excluding steroid dienone is 16. The third-order valence-electron chi connectivity index (χ3n) is 11.7. The van der Waals surface area contributed by atoms with Crippen LogP contribution in [0.15, 0.2) is 97.2 Å². The fourth-order valence-corrected chi connectivity index (χ4v) is 7.65. The van der Waals surface area contributed by atoms with Gasteiger partial charge >= 0.3 is 5.97 Å². The highest BCUT2D eigenvalue weighted by molar-refractivity contribution is 5.77. The van der Waals surface area contributed by atoms with Gasteiger partial charge in [0.1, 0.15) is 6.10 Å². The third kappa shape index (κ3) is 47.1. The van der Waals surface area contributed by atoms with Crippen LogP contribution in [-0.2, 0) is 14.3 Å². The molecule has 0 aromatic carbocycles. The summed E-state index contributed by atoms with van der Waals surface area (Å²) < 4.78 is 5.90. The molecule has 372 valence electrons. The second kappa shape index (κ2) is 51.8. The lowest BCUT2D eigenvalue weighted by atomic mass is 10.0. The molecule has 3 N–H and O–H groups in total. The normalized spacial score (nSPS) is 14.0. The summed E-state index contributed by atoms with van der Waals surface area (Å²) in [5.41, 5.74) is 0. The Morgan fingerprint density at radius 3 is 1.28 bits per heavy atom. The monoisotopic (exact) mass is 904 g/mol. The van der Waals surface area contributed by atoms with Crippen LogP contribution in [0, 0.1) is 0 Å². The van der Waals surface area contributed by atoms with Crippen LogP contribution >= 0.6 is 0 Å². The SMILES string of the molecule is CC/C=C/C/C=C/C/C=C/C/C=C/CCCCCC(=O)OC(CCC/C=C/C/C=C/C/C=C/C/C=C/CC)CC(=O)NC(CO)C(O)CCCCCCCCCCCCCCCCCC.